The number of aryl methyl sites for hydroxylation is 2. The monoisotopic (exact) mass is 311 g/mol. The molecule has 0 amide bonds. The summed E-state index contributed by atoms with van der Waals surface area (Å²) >= 11 is 6.52. The summed E-state index contributed by atoms with van der Waals surface area (Å²) in [6, 6.07) is 18.2. The Labute approximate surface area is 135 Å². The molecule has 22 heavy (non-hydrogen) atoms. The number of para-hydroxylation sites is 1. The Kier molecular flexibility index (Phi) is 4.16. The van der Waals surface area contributed by atoms with Gasteiger partial charge in [0, 0.05) is 17.8 Å². The fraction of sp³-hybridized carbons (Fsp3) is 0.167. The molecule has 0 unspecified atom stereocenters. The first kappa shape index (κ1) is 14.7. The third-order valence-electron chi connectivity index (χ3n) is 3.61. The van der Waals surface area contributed by atoms with Crippen molar-refractivity contribution in [3.8, 4) is 5.69 Å². The minimum absolute atomic E-state index is 0.654. The molecule has 3 aromatic rings. The number of hydrogen-bond donors (Lipinski definition) is 1. The third kappa shape index (κ3) is 3.00. The number of rotatable bonds is 4. The standard InChI is InChI=1S/C18H18ClN3/c1-13-7-6-8-15(11-13)20-12-17-14(2)21-22(18(17)19)16-9-4-3-5-10-16/h3-11,20H,12H2,1-2H3. The van der Waals surface area contributed by atoms with Crippen LogP contribution in [0.2, 0.25) is 5.15 Å². The molecule has 4 heteroatoms. The van der Waals surface area contributed by atoms with Gasteiger partial charge in [-0.2, -0.15) is 5.10 Å². The van der Waals surface area contributed by atoms with E-state index in [1.807, 2.05) is 43.3 Å². The Hall–Kier alpha value is -2.26. The number of anilines is 1. The minimum atomic E-state index is 0.654. The topological polar surface area (TPSA) is 29.9 Å². The molecule has 3 nitrogen and oxygen atoms in total. The van der Waals surface area contributed by atoms with Crippen LogP contribution in [0.15, 0.2) is 54.6 Å². The molecule has 0 atom stereocenters. The molecule has 1 N–H and O–H groups in total. The molecule has 1 aromatic heterocycles. The Balaban J connectivity index is 1.84. The van der Waals surface area contributed by atoms with E-state index in [4.69, 9.17) is 11.6 Å². The molecule has 0 bridgehead atoms. The predicted molar refractivity (Wildman–Crippen MR) is 91.8 cm³/mol. The van der Waals surface area contributed by atoms with E-state index in [2.05, 4.69) is 35.5 Å². The molecule has 0 saturated heterocycles. The van der Waals surface area contributed by atoms with E-state index in [-0.39, 0.29) is 0 Å². The highest BCUT2D eigenvalue weighted by Crippen LogP contribution is 2.24. The van der Waals surface area contributed by atoms with E-state index < -0.39 is 0 Å². The quantitative estimate of drug-likeness (QED) is 0.753. The lowest BCUT2D eigenvalue weighted by molar-refractivity contribution is 0.863. The smallest absolute Gasteiger partial charge is 0.138 e. The van der Waals surface area contributed by atoms with Crippen molar-refractivity contribution in [3.05, 3.63) is 76.6 Å². The molecule has 0 aliphatic heterocycles. The molecule has 0 aliphatic carbocycles. The molecule has 0 fully saturated rings. The van der Waals surface area contributed by atoms with Gasteiger partial charge in [-0.3, -0.25) is 0 Å². The molecular weight excluding hydrogens is 294 g/mol. The summed E-state index contributed by atoms with van der Waals surface area (Å²) < 4.78 is 1.78. The van der Waals surface area contributed by atoms with Crippen LogP contribution in [0.5, 0.6) is 0 Å². The molecule has 0 aliphatic rings. The Morgan fingerprint density at radius 2 is 1.82 bits per heavy atom. The van der Waals surface area contributed by atoms with Crippen LogP contribution in [0.3, 0.4) is 0 Å². The van der Waals surface area contributed by atoms with Crippen molar-refractivity contribution in [1.29, 1.82) is 0 Å². The molecule has 0 radical (unpaired) electrons. The van der Waals surface area contributed by atoms with E-state index in [0.29, 0.717) is 11.7 Å². The van der Waals surface area contributed by atoms with Gasteiger partial charge in [-0.15, -0.1) is 0 Å². The van der Waals surface area contributed by atoms with Crippen molar-refractivity contribution in [2.75, 3.05) is 5.32 Å². The van der Waals surface area contributed by atoms with E-state index in [1.165, 1.54) is 5.56 Å². The van der Waals surface area contributed by atoms with Gasteiger partial charge in [-0.25, -0.2) is 4.68 Å². The summed E-state index contributed by atoms with van der Waals surface area (Å²) in [7, 11) is 0. The van der Waals surface area contributed by atoms with Gasteiger partial charge in [-0.05, 0) is 43.7 Å². The number of nitrogens with one attached hydrogen (secondary N) is 1. The van der Waals surface area contributed by atoms with Crippen LogP contribution >= 0.6 is 11.6 Å². The van der Waals surface area contributed by atoms with Crippen LogP contribution in [0.25, 0.3) is 5.69 Å². The zero-order chi connectivity index (χ0) is 15.5. The van der Waals surface area contributed by atoms with E-state index >= 15 is 0 Å². The van der Waals surface area contributed by atoms with Gasteiger partial charge in [0.2, 0.25) is 0 Å². The number of benzene rings is 2. The van der Waals surface area contributed by atoms with Crippen molar-refractivity contribution in [2.45, 2.75) is 20.4 Å². The van der Waals surface area contributed by atoms with Crippen LogP contribution in [-0.4, -0.2) is 9.78 Å². The van der Waals surface area contributed by atoms with Gasteiger partial charge >= 0.3 is 0 Å². The molecule has 3 rings (SSSR count). The highest BCUT2D eigenvalue weighted by Gasteiger charge is 2.14. The number of aromatic nitrogens is 2. The molecule has 112 valence electrons. The van der Waals surface area contributed by atoms with Gasteiger partial charge in [0.1, 0.15) is 5.15 Å². The first-order valence-corrected chi connectivity index (χ1v) is 7.63. The molecule has 0 saturated carbocycles. The maximum absolute atomic E-state index is 6.52. The van der Waals surface area contributed by atoms with Gasteiger partial charge < -0.3 is 5.32 Å². The lowest BCUT2D eigenvalue weighted by Crippen LogP contribution is -2.01. The van der Waals surface area contributed by atoms with Crippen molar-refractivity contribution in [2.24, 2.45) is 0 Å². The second-order valence-corrected chi connectivity index (χ2v) is 5.68. The zero-order valence-electron chi connectivity index (χ0n) is 12.7. The van der Waals surface area contributed by atoms with Crippen molar-refractivity contribution >= 4 is 17.3 Å². The highest BCUT2D eigenvalue weighted by molar-refractivity contribution is 6.30. The van der Waals surface area contributed by atoms with Crippen LogP contribution in [0.4, 0.5) is 5.69 Å². The summed E-state index contributed by atoms with van der Waals surface area (Å²) in [6.07, 6.45) is 0. The first-order chi connectivity index (χ1) is 10.6. The maximum Gasteiger partial charge on any atom is 0.138 e. The third-order valence-corrected chi connectivity index (χ3v) is 4.00. The van der Waals surface area contributed by atoms with Gasteiger partial charge in [0.15, 0.2) is 0 Å². The van der Waals surface area contributed by atoms with Crippen LogP contribution in [0, 0.1) is 13.8 Å². The second kappa shape index (κ2) is 6.24. The van der Waals surface area contributed by atoms with E-state index in [1.54, 1.807) is 4.68 Å². The fourth-order valence-electron chi connectivity index (χ4n) is 2.42. The molecular formula is C18H18ClN3. The SMILES string of the molecule is Cc1cccc(NCc2c(C)nn(-c3ccccc3)c2Cl)c1. The Morgan fingerprint density at radius 3 is 2.55 bits per heavy atom. The summed E-state index contributed by atoms with van der Waals surface area (Å²) in [5.41, 5.74) is 5.24. The van der Waals surface area contributed by atoms with E-state index in [0.717, 1.165) is 22.6 Å². The minimum Gasteiger partial charge on any atom is -0.381 e. The maximum atomic E-state index is 6.52. The highest BCUT2D eigenvalue weighted by atomic mass is 35.5. The van der Waals surface area contributed by atoms with Gasteiger partial charge in [0.05, 0.1) is 11.4 Å². The van der Waals surface area contributed by atoms with E-state index in [9.17, 15) is 0 Å². The Morgan fingerprint density at radius 1 is 1.05 bits per heavy atom. The fourth-order valence-corrected chi connectivity index (χ4v) is 2.76. The first-order valence-electron chi connectivity index (χ1n) is 7.25. The average molecular weight is 312 g/mol. The largest absolute Gasteiger partial charge is 0.381 e. The van der Waals surface area contributed by atoms with Crippen molar-refractivity contribution in [3.63, 3.8) is 0 Å². The van der Waals surface area contributed by atoms with Gasteiger partial charge in [0.25, 0.3) is 0 Å². The van der Waals surface area contributed by atoms with Crippen LogP contribution in [-0.2, 0) is 6.54 Å². The average Bonchev–Trinajstić information content (AvgIpc) is 2.81. The lowest BCUT2D eigenvalue weighted by Gasteiger charge is -2.07. The normalized spacial score (nSPS) is 10.7. The molecule has 1 heterocycles. The second-order valence-electron chi connectivity index (χ2n) is 5.33. The predicted octanol–water partition coefficient (Wildman–Crippen LogP) is 4.75. The van der Waals surface area contributed by atoms with Crippen molar-refractivity contribution < 1.29 is 0 Å². The summed E-state index contributed by atoms with van der Waals surface area (Å²) in [4.78, 5) is 0. The number of halogens is 1. The van der Waals surface area contributed by atoms with Crippen molar-refractivity contribution in [1.82, 2.24) is 9.78 Å². The summed E-state index contributed by atoms with van der Waals surface area (Å²) in [5.74, 6) is 0. The zero-order valence-corrected chi connectivity index (χ0v) is 13.4. The summed E-state index contributed by atoms with van der Waals surface area (Å²) in [6.45, 7) is 4.72. The van der Waals surface area contributed by atoms with Gasteiger partial charge in [-0.1, -0.05) is 41.9 Å². The molecule has 0 spiro atoms. The number of hydrogen-bond acceptors (Lipinski definition) is 2. The van der Waals surface area contributed by atoms with Crippen LogP contribution in [0.1, 0.15) is 16.8 Å². The Bertz CT molecular complexity index is 778. The lowest BCUT2D eigenvalue weighted by atomic mass is 10.2. The summed E-state index contributed by atoms with van der Waals surface area (Å²) in [5, 5.41) is 8.62. The van der Waals surface area contributed by atoms with Crippen LogP contribution < -0.4 is 5.32 Å². The molecule has 2 aromatic carbocycles. The number of nitrogens with zero attached hydrogens (tertiary/aromatic N) is 2.